The molecule has 10 heteroatoms. The maximum absolute atomic E-state index is 13.8. The van der Waals surface area contributed by atoms with Crippen molar-refractivity contribution < 1.29 is 13.6 Å². The molecule has 0 spiro atoms. The number of pyridine rings is 2. The van der Waals surface area contributed by atoms with Crippen LogP contribution < -0.4 is 10.6 Å². The molecule has 0 bridgehead atoms. The van der Waals surface area contributed by atoms with Gasteiger partial charge in [0.2, 0.25) is 0 Å². The number of piperidine rings is 1. The fourth-order valence-corrected chi connectivity index (χ4v) is 4.52. The Kier molecular flexibility index (Phi) is 4.75. The number of halogens is 2. The lowest BCUT2D eigenvalue weighted by Crippen LogP contribution is -2.48. The first kappa shape index (κ1) is 20.6. The van der Waals surface area contributed by atoms with Crippen molar-refractivity contribution in [2.24, 2.45) is 13.0 Å². The van der Waals surface area contributed by atoms with Gasteiger partial charge in [-0.15, -0.1) is 0 Å². The number of carbonyl (C=O) groups excluding carboxylic acids is 1. The first-order chi connectivity index (χ1) is 15.2. The number of anilines is 2. The van der Waals surface area contributed by atoms with Crippen LogP contribution >= 0.6 is 0 Å². The van der Waals surface area contributed by atoms with Crippen molar-refractivity contribution >= 4 is 23.1 Å². The Morgan fingerprint density at radius 1 is 1.25 bits per heavy atom. The molecule has 5 heterocycles. The maximum Gasteiger partial charge on any atom is 0.350 e. The average Bonchev–Trinajstić information content (AvgIpc) is 3.07. The van der Waals surface area contributed by atoms with Gasteiger partial charge < -0.3 is 9.80 Å². The van der Waals surface area contributed by atoms with E-state index in [1.165, 1.54) is 27.1 Å². The van der Waals surface area contributed by atoms with E-state index in [1.807, 2.05) is 18.2 Å². The Labute approximate surface area is 183 Å². The molecule has 0 aromatic carbocycles. The summed E-state index contributed by atoms with van der Waals surface area (Å²) < 4.78 is 30.4. The summed E-state index contributed by atoms with van der Waals surface area (Å²) in [5.41, 5.74) is 2.56. The summed E-state index contributed by atoms with van der Waals surface area (Å²) in [4.78, 5) is 33.2. The van der Waals surface area contributed by atoms with Gasteiger partial charge in [-0.2, -0.15) is 5.10 Å². The van der Waals surface area contributed by atoms with Crippen LogP contribution in [-0.4, -0.2) is 55.5 Å². The Morgan fingerprint density at radius 3 is 2.84 bits per heavy atom. The van der Waals surface area contributed by atoms with E-state index < -0.39 is 11.8 Å². The minimum Gasteiger partial charge on any atom is -0.338 e. The first-order valence-corrected chi connectivity index (χ1v) is 10.7. The number of aromatic nitrogens is 4. The zero-order valence-electron chi connectivity index (χ0n) is 18.0. The highest BCUT2D eigenvalue weighted by atomic mass is 19.3. The lowest BCUT2D eigenvalue weighted by Gasteiger charge is -2.37. The van der Waals surface area contributed by atoms with Crippen LogP contribution in [0.2, 0.25) is 0 Å². The van der Waals surface area contributed by atoms with Gasteiger partial charge in [0.25, 0.3) is 11.8 Å². The fraction of sp³-hybridized carbons (Fsp3) is 0.455. The second-order valence-electron chi connectivity index (χ2n) is 8.64. The van der Waals surface area contributed by atoms with Crippen molar-refractivity contribution in [3.05, 3.63) is 52.2 Å². The van der Waals surface area contributed by atoms with E-state index in [-0.39, 0.29) is 31.1 Å². The van der Waals surface area contributed by atoms with Crippen LogP contribution in [0.5, 0.6) is 0 Å². The topological polar surface area (TPSA) is 75.7 Å². The number of aryl methyl sites for hydroxylation is 2. The highest BCUT2D eigenvalue weighted by molar-refractivity contribution is 5.94. The largest absolute Gasteiger partial charge is 0.350 e. The van der Waals surface area contributed by atoms with E-state index in [4.69, 9.17) is 0 Å². The molecule has 0 saturated carbocycles. The molecule has 1 atom stereocenters. The maximum atomic E-state index is 13.8. The zero-order valence-corrected chi connectivity index (χ0v) is 18.0. The molecule has 1 unspecified atom stereocenters. The molecule has 2 aliphatic rings. The third kappa shape index (κ3) is 3.34. The van der Waals surface area contributed by atoms with E-state index in [1.54, 1.807) is 13.2 Å². The molecule has 5 rings (SSSR count). The van der Waals surface area contributed by atoms with Crippen LogP contribution in [-0.2, 0) is 13.5 Å². The third-order valence-electron chi connectivity index (χ3n) is 6.46. The van der Waals surface area contributed by atoms with Crippen LogP contribution in [0.4, 0.5) is 20.3 Å². The summed E-state index contributed by atoms with van der Waals surface area (Å²) in [6.45, 7) is 2.32. The molecular formula is C22H24F2N6O2. The number of likely N-dealkylation sites (tertiary alicyclic amines) is 1. The molecule has 1 amide bonds. The van der Waals surface area contributed by atoms with Gasteiger partial charge in [0, 0.05) is 63.2 Å². The van der Waals surface area contributed by atoms with Gasteiger partial charge in [-0.05, 0) is 30.5 Å². The molecule has 0 N–H and O–H groups in total. The molecule has 32 heavy (non-hydrogen) atoms. The van der Waals surface area contributed by atoms with Crippen molar-refractivity contribution in [3.8, 4) is 0 Å². The monoisotopic (exact) mass is 442 g/mol. The number of rotatable bonds is 2. The average molecular weight is 442 g/mol. The summed E-state index contributed by atoms with van der Waals surface area (Å²) in [7, 11) is 1.61. The SMILES string of the molecule is CC1CN(C(=O)c2cnc3c(c2)CCCN3c2ccn3c(=O)n(C)nc3c2)CCC1(F)F. The van der Waals surface area contributed by atoms with E-state index >= 15 is 0 Å². The predicted molar refractivity (Wildman–Crippen MR) is 115 cm³/mol. The van der Waals surface area contributed by atoms with Crippen LogP contribution in [0.3, 0.4) is 0 Å². The van der Waals surface area contributed by atoms with Crippen LogP contribution in [0.1, 0.15) is 35.7 Å². The number of amides is 1. The number of nitrogens with zero attached hydrogens (tertiary/aromatic N) is 6. The molecule has 1 fully saturated rings. The fourth-order valence-electron chi connectivity index (χ4n) is 4.52. The molecule has 2 aliphatic heterocycles. The minimum atomic E-state index is -2.73. The van der Waals surface area contributed by atoms with Gasteiger partial charge in [-0.1, -0.05) is 6.92 Å². The Hall–Kier alpha value is -3.30. The second-order valence-corrected chi connectivity index (χ2v) is 8.64. The van der Waals surface area contributed by atoms with Gasteiger partial charge in [0.15, 0.2) is 5.65 Å². The zero-order chi connectivity index (χ0) is 22.6. The molecule has 168 valence electrons. The van der Waals surface area contributed by atoms with E-state index in [9.17, 15) is 18.4 Å². The van der Waals surface area contributed by atoms with Gasteiger partial charge in [0.1, 0.15) is 5.82 Å². The number of alkyl halides is 2. The lowest BCUT2D eigenvalue weighted by molar-refractivity contribution is -0.0921. The van der Waals surface area contributed by atoms with Crippen LogP contribution in [0, 0.1) is 5.92 Å². The number of carbonyl (C=O) groups is 1. The van der Waals surface area contributed by atoms with Gasteiger partial charge in [-0.3, -0.25) is 9.20 Å². The predicted octanol–water partition coefficient (Wildman–Crippen LogP) is 2.63. The van der Waals surface area contributed by atoms with Gasteiger partial charge in [0.05, 0.1) is 5.56 Å². The van der Waals surface area contributed by atoms with Crippen LogP contribution in [0.15, 0.2) is 35.4 Å². The summed E-state index contributed by atoms with van der Waals surface area (Å²) in [6, 6.07) is 5.52. The molecular weight excluding hydrogens is 418 g/mol. The van der Waals surface area contributed by atoms with Crippen molar-refractivity contribution in [2.45, 2.75) is 32.1 Å². The molecule has 0 aliphatic carbocycles. The standard InChI is InChI=1S/C22H24F2N6O2/c1-14-13-28(9-6-22(14,23)24)20(31)16-10-15-4-3-7-29(19(15)25-12-16)17-5-8-30-18(11-17)26-27(2)21(30)32/h5,8,10-12,14H,3-4,6-7,9,13H2,1-2H3. The summed E-state index contributed by atoms with van der Waals surface area (Å²) in [5, 5.41) is 4.25. The highest BCUT2D eigenvalue weighted by Crippen LogP contribution is 2.35. The third-order valence-corrected chi connectivity index (χ3v) is 6.46. The molecule has 0 radical (unpaired) electrons. The Morgan fingerprint density at radius 2 is 2.06 bits per heavy atom. The molecule has 3 aromatic rings. The lowest BCUT2D eigenvalue weighted by atomic mass is 9.95. The van der Waals surface area contributed by atoms with Gasteiger partial charge >= 0.3 is 5.69 Å². The normalized spacial score (nSPS) is 20.4. The first-order valence-electron chi connectivity index (χ1n) is 10.7. The smallest absolute Gasteiger partial charge is 0.338 e. The summed E-state index contributed by atoms with van der Waals surface area (Å²) in [5.74, 6) is -3.09. The molecule has 3 aromatic heterocycles. The summed E-state index contributed by atoms with van der Waals surface area (Å²) >= 11 is 0. The number of fused-ring (bicyclic) bond motifs is 2. The molecule has 1 saturated heterocycles. The Balaban J connectivity index is 1.43. The van der Waals surface area contributed by atoms with Crippen molar-refractivity contribution in [3.63, 3.8) is 0 Å². The Bertz CT molecular complexity index is 1270. The highest BCUT2D eigenvalue weighted by Gasteiger charge is 2.42. The molecule has 8 nitrogen and oxygen atoms in total. The van der Waals surface area contributed by atoms with Crippen molar-refractivity contribution in [2.75, 3.05) is 24.5 Å². The van der Waals surface area contributed by atoms with Crippen LogP contribution in [0.25, 0.3) is 5.65 Å². The number of hydrogen-bond acceptors (Lipinski definition) is 5. The quantitative estimate of drug-likeness (QED) is 0.610. The van der Waals surface area contributed by atoms with E-state index in [2.05, 4.69) is 15.0 Å². The van der Waals surface area contributed by atoms with Crippen molar-refractivity contribution in [1.82, 2.24) is 24.1 Å². The van der Waals surface area contributed by atoms with Crippen molar-refractivity contribution in [1.29, 1.82) is 0 Å². The minimum absolute atomic E-state index is 0.0402. The number of hydrogen-bond donors (Lipinski definition) is 0. The van der Waals surface area contributed by atoms with E-state index in [0.29, 0.717) is 11.2 Å². The van der Waals surface area contributed by atoms with E-state index in [0.717, 1.165) is 36.5 Å². The van der Waals surface area contributed by atoms with Gasteiger partial charge in [-0.25, -0.2) is 23.2 Å². The summed E-state index contributed by atoms with van der Waals surface area (Å²) in [6.07, 6.45) is 4.56. The second kappa shape index (κ2) is 7.39.